The molecule has 0 aromatic carbocycles. The minimum atomic E-state index is 0.366. The Bertz CT molecular complexity index is 233. The molecule has 0 bridgehead atoms. The molecule has 0 aliphatic heterocycles. The van der Waals surface area contributed by atoms with E-state index in [1.165, 1.54) is 0 Å². The zero-order valence-electron chi connectivity index (χ0n) is 6.05. The summed E-state index contributed by atoms with van der Waals surface area (Å²) in [5.41, 5.74) is 12.2. The van der Waals surface area contributed by atoms with Crippen LogP contribution in [0, 0.1) is 13.8 Å². The number of nitrogens with two attached hydrogens (primary N) is 2. The van der Waals surface area contributed by atoms with Crippen molar-refractivity contribution in [2.75, 3.05) is 11.5 Å². The molecule has 0 amide bonds. The molecule has 4 heteroatoms. The lowest BCUT2D eigenvalue weighted by Crippen LogP contribution is -2.04. The summed E-state index contributed by atoms with van der Waals surface area (Å²) in [6.07, 6.45) is 0. The van der Waals surface area contributed by atoms with Gasteiger partial charge in [-0.1, -0.05) is 0 Å². The summed E-state index contributed by atoms with van der Waals surface area (Å²) in [7, 11) is 0. The van der Waals surface area contributed by atoms with E-state index in [9.17, 15) is 0 Å². The lowest BCUT2D eigenvalue weighted by molar-refractivity contribution is 1.02. The van der Waals surface area contributed by atoms with Crippen molar-refractivity contribution in [3.63, 3.8) is 0 Å². The van der Waals surface area contributed by atoms with Crippen molar-refractivity contribution in [3.05, 3.63) is 11.5 Å². The first-order chi connectivity index (χ1) is 4.61. The van der Waals surface area contributed by atoms with Crippen molar-refractivity contribution in [2.24, 2.45) is 0 Å². The molecule has 1 heterocycles. The van der Waals surface area contributed by atoms with Crippen LogP contribution in [0.3, 0.4) is 0 Å². The van der Waals surface area contributed by atoms with Crippen LogP contribution in [-0.2, 0) is 0 Å². The first kappa shape index (κ1) is 6.80. The molecule has 1 aromatic heterocycles. The van der Waals surface area contributed by atoms with Crippen LogP contribution < -0.4 is 11.5 Å². The van der Waals surface area contributed by atoms with E-state index in [2.05, 4.69) is 9.97 Å². The summed E-state index contributed by atoms with van der Waals surface area (Å²) >= 11 is 0. The molecule has 54 valence electrons. The molecule has 0 saturated heterocycles. The van der Waals surface area contributed by atoms with Crippen LogP contribution in [0.2, 0.25) is 0 Å². The molecule has 0 fully saturated rings. The second kappa shape index (κ2) is 2.13. The molecule has 1 rings (SSSR count). The van der Waals surface area contributed by atoms with Gasteiger partial charge < -0.3 is 11.5 Å². The smallest absolute Gasteiger partial charge is 0.150 e. The zero-order valence-corrected chi connectivity index (χ0v) is 6.05. The van der Waals surface area contributed by atoms with E-state index in [1.54, 1.807) is 13.8 Å². The summed E-state index contributed by atoms with van der Waals surface area (Å²) < 4.78 is 0. The summed E-state index contributed by atoms with van der Waals surface area (Å²) in [4.78, 5) is 7.89. The second-order valence-corrected chi connectivity index (χ2v) is 2.16. The van der Waals surface area contributed by atoms with Gasteiger partial charge >= 0.3 is 0 Å². The van der Waals surface area contributed by atoms with E-state index in [1.807, 2.05) is 0 Å². The van der Waals surface area contributed by atoms with E-state index in [0.29, 0.717) is 17.3 Å². The zero-order chi connectivity index (χ0) is 7.72. The van der Waals surface area contributed by atoms with Crippen molar-refractivity contribution < 1.29 is 0 Å². The molecule has 0 unspecified atom stereocenters. The van der Waals surface area contributed by atoms with Gasteiger partial charge in [-0.15, -0.1) is 0 Å². The van der Waals surface area contributed by atoms with Gasteiger partial charge in [-0.05, 0) is 13.8 Å². The number of rotatable bonds is 0. The highest BCUT2D eigenvalue weighted by Crippen LogP contribution is 2.13. The highest BCUT2D eigenvalue weighted by molar-refractivity contribution is 5.60. The molecule has 0 saturated carbocycles. The fourth-order valence-electron chi connectivity index (χ4n) is 0.748. The Morgan fingerprint density at radius 2 is 1.70 bits per heavy atom. The maximum absolute atomic E-state index is 5.50. The van der Waals surface area contributed by atoms with Gasteiger partial charge in [0.2, 0.25) is 0 Å². The Morgan fingerprint density at radius 1 is 1.10 bits per heavy atom. The third kappa shape index (κ3) is 1.00. The van der Waals surface area contributed by atoms with Crippen LogP contribution in [0.4, 0.5) is 11.5 Å². The van der Waals surface area contributed by atoms with Gasteiger partial charge in [-0.2, -0.15) is 0 Å². The van der Waals surface area contributed by atoms with Gasteiger partial charge in [0.25, 0.3) is 0 Å². The molecule has 0 atom stereocenters. The van der Waals surface area contributed by atoms with Crippen molar-refractivity contribution in [1.29, 1.82) is 0 Å². The van der Waals surface area contributed by atoms with Crippen LogP contribution in [0.25, 0.3) is 0 Å². The first-order valence-corrected chi connectivity index (χ1v) is 2.97. The minimum Gasteiger partial charge on any atom is -0.394 e. The topological polar surface area (TPSA) is 77.8 Å². The standard InChI is InChI=1S/C6H10N4/c1-3-5(7)6(8)10-4(2)9-3/h7H2,1-2H3,(H2,8,9,10). The SMILES string of the molecule is Cc1nc(C)c(N)c(N)n1. The number of hydrogen-bond acceptors (Lipinski definition) is 4. The fourth-order valence-corrected chi connectivity index (χ4v) is 0.748. The van der Waals surface area contributed by atoms with Gasteiger partial charge in [-0.25, -0.2) is 9.97 Å². The van der Waals surface area contributed by atoms with E-state index >= 15 is 0 Å². The van der Waals surface area contributed by atoms with Gasteiger partial charge in [0.15, 0.2) is 5.82 Å². The van der Waals surface area contributed by atoms with Crippen LogP contribution in [-0.4, -0.2) is 9.97 Å². The summed E-state index contributed by atoms with van der Waals surface area (Å²) in [6.45, 7) is 3.59. The lowest BCUT2D eigenvalue weighted by Gasteiger charge is -2.02. The van der Waals surface area contributed by atoms with E-state index in [4.69, 9.17) is 11.5 Å². The van der Waals surface area contributed by atoms with Gasteiger partial charge in [0.1, 0.15) is 5.82 Å². The highest BCUT2D eigenvalue weighted by atomic mass is 15.0. The molecule has 4 N–H and O–H groups in total. The lowest BCUT2D eigenvalue weighted by atomic mass is 10.3. The molecular formula is C6H10N4. The molecule has 10 heavy (non-hydrogen) atoms. The van der Waals surface area contributed by atoms with Crippen molar-refractivity contribution >= 4 is 11.5 Å². The largest absolute Gasteiger partial charge is 0.394 e. The third-order valence-corrected chi connectivity index (χ3v) is 1.28. The van der Waals surface area contributed by atoms with Gasteiger partial charge in [0.05, 0.1) is 11.4 Å². The average molecular weight is 138 g/mol. The summed E-state index contributed by atoms with van der Waals surface area (Å²) in [5.74, 6) is 1.02. The third-order valence-electron chi connectivity index (χ3n) is 1.28. The highest BCUT2D eigenvalue weighted by Gasteiger charge is 2.00. The first-order valence-electron chi connectivity index (χ1n) is 2.97. The Kier molecular flexibility index (Phi) is 1.45. The molecular weight excluding hydrogens is 128 g/mol. The Balaban J connectivity index is 3.31. The number of hydrogen-bond donors (Lipinski definition) is 2. The number of aromatic nitrogens is 2. The number of nitrogen functional groups attached to an aromatic ring is 2. The Labute approximate surface area is 59.3 Å². The van der Waals surface area contributed by atoms with Gasteiger partial charge in [-0.3, -0.25) is 0 Å². The number of nitrogens with zero attached hydrogens (tertiary/aromatic N) is 2. The van der Waals surface area contributed by atoms with E-state index in [-0.39, 0.29) is 0 Å². The van der Waals surface area contributed by atoms with Crippen molar-refractivity contribution in [1.82, 2.24) is 9.97 Å². The summed E-state index contributed by atoms with van der Waals surface area (Å²) in [6, 6.07) is 0. The Hall–Kier alpha value is -1.32. The number of aryl methyl sites for hydroxylation is 2. The molecule has 4 nitrogen and oxygen atoms in total. The predicted molar refractivity (Wildman–Crippen MR) is 40.3 cm³/mol. The number of anilines is 2. The molecule has 0 aliphatic carbocycles. The van der Waals surface area contributed by atoms with Crippen molar-refractivity contribution in [3.8, 4) is 0 Å². The Morgan fingerprint density at radius 3 is 2.20 bits per heavy atom. The molecule has 0 aliphatic rings. The normalized spacial score (nSPS) is 9.80. The van der Waals surface area contributed by atoms with Crippen LogP contribution in [0.1, 0.15) is 11.5 Å². The fraction of sp³-hybridized carbons (Fsp3) is 0.333. The average Bonchev–Trinajstić information content (AvgIpc) is 1.82. The summed E-state index contributed by atoms with van der Waals surface area (Å²) in [5, 5.41) is 0. The van der Waals surface area contributed by atoms with Crippen LogP contribution in [0.5, 0.6) is 0 Å². The monoisotopic (exact) mass is 138 g/mol. The molecule has 0 spiro atoms. The maximum atomic E-state index is 5.50. The van der Waals surface area contributed by atoms with E-state index < -0.39 is 0 Å². The molecule has 0 radical (unpaired) electrons. The maximum Gasteiger partial charge on any atom is 0.150 e. The molecule has 1 aromatic rings. The van der Waals surface area contributed by atoms with Crippen LogP contribution in [0.15, 0.2) is 0 Å². The predicted octanol–water partition coefficient (Wildman–Crippen LogP) is 0.258. The quantitative estimate of drug-likeness (QED) is 0.539. The van der Waals surface area contributed by atoms with E-state index in [0.717, 1.165) is 5.69 Å². The van der Waals surface area contributed by atoms with Crippen molar-refractivity contribution in [2.45, 2.75) is 13.8 Å². The minimum absolute atomic E-state index is 0.366. The van der Waals surface area contributed by atoms with Crippen LogP contribution >= 0.6 is 0 Å². The van der Waals surface area contributed by atoms with Gasteiger partial charge in [0, 0.05) is 0 Å². The second-order valence-electron chi connectivity index (χ2n) is 2.16.